The Morgan fingerprint density at radius 3 is 1.33 bits per heavy atom. The van der Waals surface area contributed by atoms with E-state index in [4.69, 9.17) is 0 Å². The summed E-state index contributed by atoms with van der Waals surface area (Å²) in [5.74, 6) is 0. The van der Waals surface area contributed by atoms with Crippen LogP contribution in [0, 0.1) is 22.7 Å². The van der Waals surface area contributed by atoms with Crippen LogP contribution in [-0.4, -0.2) is 9.13 Å². The Morgan fingerprint density at radius 2 is 0.833 bits per heavy atom. The summed E-state index contributed by atoms with van der Waals surface area (Å²) in [6.07, 6.45) is 0. The topological polar surface area (TPSA) is 57.4 Å². The summed E-state index contributed by atoms with van der Waals surface area (Å²) in [5.41, 5.74) is 11.2. The van der Waals surface area contributed by atoms with Gasteiger partial charge < -0.3 is 9.13 Å². The molecule has 0 bridgehead atoms. The lowest BCUT2D eigenvalue weighted by Gasteiger charge is -2.16. The largest absolute Gasteiger partial charge is 0.309 e. The van der Waals surface area contributed by atoms with Crippen LogP contribution in [0.25, 0.3) is 77.2 Å². The fraction of sp³-hybridized carbons (Fsp3) is 0. The number of nitrogens with zero attached hydrogens (tertiary/aromatic N) is 4. The molecule has 7 aromatic carbocycles. The van der Waals surface area contributed by atoms with Crippen LogP contribution in [0.2, 0.25) is 0 Å². The molecule has 0 radical (unpaired) electrons. The zero-order chi connectivity index (χ0) is 32.2. The number of hydrogen-bond acceptors (Lipinski definition) is 2. The summed E-state index contributed by atoms with van der Waals surface area (Å²) in [7, 11) is 0. The molecule has 9 rings (SSSR count). The van der Waals surface area contributed by atoms with E-state index >= 15 is 0 Å². The summed E-state index contributed by atoms with van der Waals surface area (Å²) >= 11 is 0. The van der Waals surface area contributed by atoms with Gasteiger partial charge in [0, 0.05) is 32.8 Å². The summed E-state index contributed by atoms with van der Waals surface area (Å²) in [5, 5.41) is 25.3. The molecule has 4 nitrogen and oxygen atoms in total. The van der Waals surface area contributed by atoms with E-state index in [0.717, 1.165) is 66.5 Å². The maximum Gasteiger partial charge on any atom is 0.101 e. The molecule has 4 heteroatoms. The second-order valence-corrected chi connectivity index (χ2v) is 12.0. The number of fused-ring (bicyclic) bond motifs is 6. The normalized spacial score (nSPS) is 11.3. The molecule has 2 aromatic heterocycles. The predicted octanol–water partition coefficient (Wildman–Crippen LogP) is 11.0. The maximum absolute atomic E-state index is 10.3. The zero-order valence-corrected chi connectivity index (χ0v) is 25.8. The predicted molar refractivity (Wildman–Crippen MR) is 195 cm³/mol. The third-order valence-electron chi connectivity index (χ3n) is 9.43. The molecule has 2 heterocycles. The Hall–Kier alpha value is -6.88. The van der Waals surface area contributed by atoms with Crippen LogP contribution in [0.3, 0.4) is 0 Å². The van der Waals surface area contributed by atoms with E-state index in [9.17, 15) is 10.5 Å². The number of aromatic nitrogens is 2. The van der Waals surface area contributed by atoms with Crippen molar-refractivity contribution in [2.24, 2.45) is 0 Å². The monoisotopic (exact) mass is 610 g/mol. The van der Waals surface area contributed by atoms with Crippen molar-refractivity contribution in [1.82, 2.24) is 9.13 Å². The first-order valence-corrected chi connectivity index (χ1v) is 15.9. The van der Waals surface area contributed by atoms with E-state index in [2.05, 4.69) is 143 Å². The standard InChI is InChI=1S/C44H26N4/c45-27-31-10-9-15-35(44(31)48-42-18-7-3-13-38(42)39-14-4-8-19-43(39)48)30-22-20-29(21-23-30)34-25-24-33(26-32(34)28-46)47-40-16-5-1-11-36(40)37-12-2-6-17-41(37)47/h1-26H. The van der Waals surface area contributed by atoms with Crippen molar-refractivity contribution in [3.05, 3.63) is 169 Å². The van der Waals surface area contributed by atoms with Crippen molar-refractivity contribution in [1.29, 1.82) is 10.5 Å². The molecule has 0 atom stereocenters. The average Bonchev–Trinajstić information content (AvgIpc) is 3.67. The quantitative estimate of drug-likeness (QED) is 0.199. The van der Waals surface area contributed by atoms with Gasteiger partial charge in [0.25, 0.3) is 0 Å². The minimum Gasteiger partial charge on any atom is -0.309 e. The minimum atomic E-state index is 0.607. The molecule has 0 saturated carbocycles. The zero-order valence-electron chi connectivity index (χ0n) is 25.8. The van der Waals surface area contributed by atoms with Crippen LogP contribution in [0.15, 0.2) is 158 Å². The Kier molecular flexibility index (Phi) is 6.22. The van der Waals surface area contributed by atoms with Gasteiger partial charge >= 0.3 is 0 Å². The molecule has 9 aromatic rings. The van der Waals surface area contributed by atoms with Gasteiger partial charge in [-0.15, -0.1) is 0 Å². The van der Waals surface area contributed by atoms with Gasteiger partial charge in [-0.25, -0.2) is 0 Å². The van der Waals surface area contributed by atoms with Crippen LogP contribution in [-0.2, 0) is 0 Å². The second kappa shape index (κ2) is 10.9. The van der Waals surface area contributed by atoms with Gasteiger partial charge in [0.05, 0.1) is 45.0 Å². The second-order valence-electron chi connectivity index (χ2n) is 12.0. The Bertz CT molecular complexity index is 2690. The summed E-state index contributed by atoms with van der Waals surface area (Å²) in [6.45, 7) is 0. The Balaban J connectivity index is 1.17. The molecule has 222 valence electrons. The highest BCUT2D eigenvalue weighted by Crippen LogP contribution is 2.39. The Labute approximate surface area is 277 Å². The van der Waals surface area contributed by atoms with Gasteiger partial charge in [-0.3, -0.25) is 0 Å². The highest BCUT2D eigenvalue weighted by molar-refractivity contribution is 6.10. The van der Waals surface area contributed by atoms with Crippen LogP contribution in [0.5, 0.6) is 0 Å². The van der Waals surface area contributed by atoms with Crippen molar-refractivity contribution in [2.75, 3.05) is 0 Å². The lowest BCUT2D eigenvalue weighted by atomic mass is 9.95. The van der Waals surface area contributed by atoms with E-state index in [0.29, 0.717) is 11.1 Å². The fourth-order valence-corrected chi connectivity index (χ4v) is 7.32. The number of hydrogen-bond donors (Lipinski definition) is 0. The van der Waals surface area contributed by atoms with E-state index in [-0.39, 0.29) is 0 Å². The molecular formula is C44H26N4. The molecular weight excluding hydrogens is 585 g/mol. The van der Waals surface area contributed by atoms with Gasteiger partial charge in [-0.05, 0) is 59.2 Å². The number of nitriles is 2. The van der Waals surface area contributed by atoms with E-state index in [1.165, 1.54) is 10.8 Å². The maximum atomic E-state index is 10.3. The van der Waals surface area contributed by atoms with E-state index in [1.54, 1.807) is 0 Å². The highest BCUT2D eigenvalue weighted by Gasteiger charge is 2.19. The lowest BCUT2D eigenvalue weighted by Crippen LogP contribution is -2.00. The van der Waals surface area contributed by atoms with Gasteiger partial charge in [0.2, 0.25) is 0 Å². The van der Waals surface area contributed by atoms with E-state index < -0.39 is 0 Å². The highest BCUT2D eigenvalue weighted by atomic mass is 15.0. The Morgan fingerprint density at radius 1 is 0.375 bits per heavy atom. The van der Waals surface area contributed by atoms with Crippen molar-refractivity contribution in [3.8, 4) is 45.8 Å². The molecule has 0 N–H and O–H groups in total. The average molecular weight is 611 g/mol. The summed E-state index contributed by atoms with van der Waals surface area (Å²) in [6, 6.07) is 58.8. The first kappa shape index (κ1) is 27.4. The van der Waals surface area contributed by atoms with Crippen molar-refractivity contribution >= 4 is 43.6 Å². The smallest absolute Gasteiger partial charge is 0.101 e. The van der Waals surface area contributed by atoms with Gasteiger partial charge in [-0.2, -0.15) is 10.5 Å². The van der Waals surface area contributed by atoms with E-state index in [1.807, 2.05) is 36.4 Å². The van der Waals surface area contributed by atoms with Crippen LogP contribution in [0.4, 0.5) is 0 Å². The first-order valence-electron chi connectivity index (χ1n) is 15.9. The number of benzene rings is 7. The lowest BCUT2D eigenvalue weighted by molar-refractivity contribution is 1.17. The van der Waals surface area contributed by atoms with Crippen LogP contribution < -0.4 is 0 Å². The summed E-state index contributed by atoms with van der Waals surface area (Å²) in [4.78, 5) is 0. The molecule has 0 saturated heterocycles. The van der Waals surface area contributed by atoms with Gasteiger partial charge in [-0.1, -0.05) is 115 Å². The van der Waals surface area contributed by atoms with Crippen molar-refractivity contribution in [3.63, 3.8) is 0 Å². The third-order valence-corrected chi connectivity index (χ3v) is 9.43. The van der Waals surface area contributed by atoms with Gasteiger partial charge in [0.1, 0.15) is 6.07 Å². The summed E-state index contributed by atoms with van der Waals surface area (Å²) < 4.78 is 4.45. The molecule has 0 fully saturated rings. The first-order chi connectivity index (χ1) is 23.7. The number of para-hydroxylation sites is 5. The van der Waals surface area contributed by atoms with Crippen LogP contribution >= 0.6 is 0 Å². The molecule has 0 unspecified atom stereocenters. The molecule has 0 aliphatic heterocycles. The third kappa shape index (κ3) is 4.07. The van der Waals surface area contributed by atoms with Crippen LogP contribution in [0.1, 0.15) is 11.1 Å². The fourth-order valence-electron chi connectivity index (χ4n) is 7.32. The SMILES string of the molecule is N#Cc1cc(-n2c3ccccc3c3ccccc32)ccc1-c1ccc(-c2cccc(C#N)c2-n2c3ccccc3c3ccccc32)cc1. The molecule has 0 aliphatic rings. The van der Waals surface area contributed by atoms with Crippen molar-refractivity contribution < 1.29 is 0 Å². The molecule has 0 aliphatic carbocycles. The molecule has 0 spiro atoms. The minimum absolute atomic E-state index is 0.607. The van der Waals surface area contributed by atoms with Crippen molar-refractivity contribution in [2.45, 2.75) is 0 Å². The molecule has 0 amide bonds. The molecule has 48 heavy (non-hydrogen) atoms. The van der Waals surface area contributed by atoms with Gasteiger partial charge in [0.15, 0.2) is 0 Å². The number of rotatable bonds is 4.